The molecule has 0 aliphatic rings. The molecule has 0 radical (unpaired) electrons. The molecular weight excluding hydrogens is 394 g/mol. The quantitative estimate of drug-likeness (QED) is 0.295. The highest BCUT2D eigenvalue weighted by Crippen LogP contribution is 2.44. The molecule has 1 heterocycles. The van der Waals surface area contributed by atoms with Crippen LogP contribution in [-0.4, -0.2) is 9.97 Å². The van der Waals surface area contributed by atoms with Crippen LogP contribution >= 0.6 is 0 Å². The van der Waals surface area contributed by atoms with Gasteiger partial charge in [-0.3, -0.25) is 9.97 Å². The first kappa shape index (κ1) is 17.8. The lowest BCUT2D eigenvalue weighted by atomic mass is 9.86. The van der Waals surface area contributed by atoms with Gasteiger partial charge in [-0.1, -0.05) is 48.5 Å². The summed E-state index contributed by atoms with van der Waals surface area (Å²) >= 11 is 0. The lowest BCUT2D eigenvalue weighted by Crippen LogP contribution is -1.97. The summed E-state index contributed by atoms with van der Waals surface area (Å²) in [6.45, 7) is 0. The second kappa shape index (κ2) is 6.47. The molecule has 6 aromatic rings. The van der Waals surface area contributed by atoms with Gasteiger partial charge in [-0.2, -0.15) is 15.8 Å². The third-order valence-electron chi connectivity index (χ3n) is 6.04. The van der Waals surface area contributed by atoms with Crippen molar-refractivity contribution in [2.24, 2.45) is 0 Å². The fourth-order valence-corrected chi connectivity index (χ4v) is 4.81. The first-order chi connectivity index (χ1) is 15.8. The highest BCUT2D eigenvalue weighted by atomic mass is 14.8. The molecule has 144 valence electrons. The maximum absolute atomic E-state index is 10.1. The van der Waals surface area contributed by atoms with Crippen LogP contribution in [0.5, 0.6) is 0 Å². The number of nitrogens with zero attached hydrogens (tertiary/aromatic N) is 5. The molecular formula is C27H11N5. The predicted molar refractivity (Wildman–Crippen MR) is 124 cm³/mol. The molecule has 0 fully saturated rings. The molecule has 0 saturated heterocycles. The van der Waals surface area contributed by atoms with Crippen molar-refractivity contribution in [2.75, 3.05) is 0 Å². The Morgan fingerprint density at radius 3 is 1.69 bits per heavy atom. The first-order valence-corrected chi connectivity index (χ1v) is 9.95. The van der Waals surface area contributed by atoms with E-state index in [2.05, 4.69) is 40.3 Å². The molecule has 0 atom stereocenters. The van der Waals surface area contributed by atoms with Gasteiger partial charge in [0.15, 0.2) is 0 Å². The monoisotopic (exact) mass is 405 g/mol. The van der Waals surface area contributed by atoms with E-state index in [-0.39, 0.29) is 16.7 Å². The standard InChI is InChI=1S/C27H11N5/c28-12-15-11-20-23(22(14-30)21(15)13-29)24-18-7-3-1-5-16(18)17-6-2-4-8-19(17)25(24)27-26(20)31-9-10-32-27/h1-11H. The van der Waals surface area contributed by atoms with Gasteiger partial charge in [-0.15, -0.1) is 0 Å². The Labute approximate surface area is 182 Å². The SMILES string of the molecule is N#Cc1cc2c3nccnc3c3c4ccccc4c4ccccc4c3c2c(C#N)c1C#N. The lowest BCUT2D eigenvalue weighted by Gasteiger charge is -2.16. The maximum Gasteiger partial charge on any atom is 0.102 e. The number of hydrogen-bond acceptors (Lipinski definition) is 5. The summed E-state index contributed by atoms with van der Waals surface area (Å²) in [6, 6.07) is 24.2. The zero-order chi connectivity index (χ0) is 21.8. The molecule has 0 amide bonds. The van der Waals surface area contributed by atoms with Gasteiger partial charge in [-0.25, -0.2) is 0 Å². The minimum atomic E-state index is 0.0873. The summed E-state index contributed by atoms with van der Waals surface area (Å²) in [5, 5.41) is 36.7. The summed E-state index contributed by atoms with van der Waals surface area (Å²) < 4.78 is 0. The molecule has 0 aliphatic carbocycles. The van der Waals surface area contributed by atoms with Crippen LogP contribution in [0.3, 0.4) is 0 Å². The average Bonchev–Trinajstić information content (AvgIpc) is 2.87. The van der Waals surface area contributed by atoms with Crippen molar-refractivity contribution in [1.82, 2.24) is 9.97 Å². The van der Waals surface area contributed by atoms with Crippen LogP contribution in [0.15, 0.2) is 67.0 Å². The molecule has 0 saturated carbocycles. The van der Waals surface area contributed by atoms with E-state index in [9.17, 15) is 15.8 Å². The highest BCUT2D eigenvalue weighted by molar-refractivity contribution is 6.39. The Balaban J connectivity index is 2.15. The molecule has 6 rings (SSSR count). The van der Waals surface area contributed by atoms with E-state index in [4.69, 9.17) is 0 Å². The van der Waals surface area contributed by atoms with Crippen LogP contribution in [0.4, 0.5) is 0 Å². The van der Waals surface area contributed by atoms with E-state index in [1.807, 2.05) is 36.4 Å². The largest absolute Gasteiger partial charge is 0.252 e. The van der Waals surface area contributed by atoms with E-state index in [0.29, 0.717) is 21.8 Å². The van der Waals surface area contributed by atoms with Crippen molar-refractivity contribution in [1.29, 1.82) is 15.8 Å². The molecule has 5 heteroatoms. The average molecular weight is 405 g/mol. The van der Waals surface area contributed by atoms with Crippen LogP contribution in [0.1, 0.15) is 16.7 Å². The number of hydrogen-bond donors (Lipinski definition) is 0. The van der Waals surface area contributed by atoms with Gasteiger partial charge in [0.2, 0.25) is 0 Å². The van der Waals surface area contributed by atoms with Crippen LogP contribution in [0.2, 0.25) is 0 Å². The third kappa shape index (κ3) is 2.13. The fraction of sp³-hybridized carbons (Fsp3) is 0. The molecule has 5 nitrogen and oxygen atoms in total. The second-order valence-corrected chi connectivity index (χ2v) is 7.53. The zero-order valence-corrected chi connectivity index (χ0v) is 16.6. The van der Waals surface area contributed by atoms with Crippen molar-refractivity contribution >= 4 is 54.1 Å². The second-order valence-electron chi connectivity index (χ2n) is 7.53. The topological polar surface area (TPSA) is 97.2 Å². The normalized spacial score (nSPS) is 11.0. The van der Waals surface area contributed by atoms with E-state index >= 15 is 0 Å². The molecule has 0 unspecified atom stereocenters. The Hall–Kier alpha value is -5.05. The van der Waals surface area contributed by atoms with Crippen LogP contribution in [0.25, 0.3) is 54.1 Å². The van der Waals surface area contributed by atoms with Gasteiger partial charge in [-0.05, 0) is 27.6 Å². The van der Waals surface area contributed by atoms with Crippen molar-refractivity contribution < 1.29 is 0 Å². The highest BCUT2D eigenvalue weighted by Gasteiger charge is 2.22. The number of fused-ring (bicyclic) bond motifs is 11. The van der Waals surface area contributed by atoms with Gasteiger partial charge < -0.3 is 0 Å². The number of rotatable bonds is 0. The molecule has 0 bridgehead atoms. The summed E-state index contributed by atoms with van der Waals surface area (Å²) in [5.41, 5.74) is 1.75. The van der Waals surface area contributed by atoms with Gasteiger partial charge >= 0.3 is 0 Å². The minimum Gasteiger partial charge on any atom is -0.252 e. The van der Waals surface area contributed by atoms with Crippen molar-refractivity contribution in [3.63, 3.8) is 0 Å². The summed E-state index contributed by atoms with van der Waals surface area (Å²) in [5.74, 6) is 0. The van der Waals surface area contributed by atoms with E-state index in [0.717, 1.165) is 32.3 Å². The molecule has 1 aromatic heterocycles. The van der Waals surface area contributed by atoms with E-state index in [1.54, 1.807) is 18.5 Å². The van der Waals surface area contributed by atoms with Gasteiger partial charge in [0, 0.05) is 33.9 Å². The molecule has 5 aromatic carbocycles. The number of aromatic nitrogens is 2. The summed E-state index contributed by atoms with van der Waals surface area (Å²) in [6.07, 6.45) is 3.25. The van der Waals surface area contributed by atoms with Gasteiger partial charge in [0.05, 0.1) is 27.7 Å². The lowest BCUT2D eigenvalue weighted by molar-refractivity contribution is 1.31. The Kier molecular flexibility index (Phi) is 3.60. The molecule has 32 heavy (non-hydrogen) atoms. The third-order valence-corrected chi connectivity index (χ3v) is 6.04. The van der Waals surface area contributed by atoms with Crippen LogP contribution in [-0.2, 0) is 0 Å². The molecule has 0 spiro atoms. The summed E-state index contributed by atoms with van der Waals surface area (Å²) in [4.78, 5) is 9.27. The van der Waals surface area contributed by atoms with Crippen molar-refractivity contribution in [3.8, 4) is 18.2 Å². The number of nitriles is 3. The predicted octanol–water partition coefficient (Wildman–Crippen LogP) is 5.86. The van der Waals surface area contributed by atoms with E-state index in [1.165, 1.54) is 0 Å². The zero-order valence-electron chi connectivity index (χ0n) is 16.6. The van der Waals surface area contributed by atoms with Gasteiger partial charge in [0.1, 0.15) is 18.2 Å². The first-order valence-electron chi connectivity index (χ1n) is 9.95. The van der Waals surface area contributed by atoms with Crippen molar-refractivity contribution in [3.05, 3.63) is 83.7 Å². The molecule has 0 aliphatic heterocycles. The fourth-order valence-electron chi connectivity index (χ4n) is 4.81. The van der Waals surface area contributed by atoms with E-state index < -0.39 is 0 Å². The van der Waals surface area contributed by atoms with Crippen LogP contribution in [0, 0.1) is 34.0 Å². The van der Waals surface area contributed by atoms with Crippen molar-refractivity contribution in [2.45, 2.75) is 0 Å². The Morgan fingerprint density at radius 2 is 1.09 bits per heavy atom. The number of benzene rings is 5. The smallest absolute Gasteiger partial charge is 0.102 e. The van der Waals surface area contributed by atoms with Crippen LogP contribution < -0.4 is 0 Å². The summed E-state index contributed by atoms with van der Waals surface area (Å²) in [7, 11) is 0. The molecule has 0 N–H and O–H groups in total. The Bertz CT molecular complexity index is 1910. The Morgan fingerprint density at radius 1 is 0.531 bits per heavy atom. The maximum atomic E-state index is 10.1. The minimum absolute atomic E-state index is 0.0873. The van der Waals surface area contributed by atoms with Gasteiger partial charge in [0.25, 0.3) is 0 Å².